The van der Waals surface area contributed by atoms with Crippen molar-refractivity contribution in [2.75, 3.05) is 46.6 Å². The van der Waals surface area contributed by atoms with Crippen molar-refractivity contribution in [3.63, 3.8) is 0 Å². The molecule has 160 valence electrons. The molecule has 1 aliphatic heterocycles. The second-order valence-electron chi connectivity index (χ2n) is 6.72. The molecule has 8 heteroatoms. The number of nitrogens with one attached hydrogen (secondary N) is 2. The summed E-state index contributed by atoms with van der Waals surface area (Å²) >= 11 is 0. The Morgan fingerprint density at radius 2 is 2.07 bits per heavy atom. The van der Waals surface area contributed by atoms with Gasteiger partial charge in [0.05, 0.1) is 12.1 Å². The smallest absolute Gasteiger partial charge is 0.381 e. The van der Waals surface area contributed by atoms with Gasteiger partial charge >= 0.3 is 6.18 Å². The lowest BCUT2D eigenvalue weighted by Crippen LogP contribution is -2.38. The van der Waals surface area contributed by atoms with Gasteiger partial charge in [-0.3, -0.25) is 4.99 Å². The number of hydrogen-bond donors (Lipinski definition) is 2. The molecule has 0 unspecified atom stereocenters. The van der Waals surface area contributed by atoms with Gasteiger partial charge in [0, 0.05) is 45.6 Å². The first-order valence-corrected chi connectivity index (χ1v) is 9.75. The average molecular weight is 411 g/mol. The molecule has 0 saturated carbocycles. The largest absolute Gasteiger partial charge is 0.416 e. The lowest BCUT2D eigenvalue weighted by molar-refractivity contribution is -0.137. The van der Waals surface area contributed by atoms with Gasteiger partial charge in [0.1, 0.15) is 0 Å². The highest BCUT2D eigenvalue weighted by molar-refractivity contribution is 5.79. The van der Waals surface area contributed by atoms with E-state index in [2.05, 4.69) is 27.5 Å². The third-order valence-electron chi connectivity index (χ3n) is 4.44. The maximum Gasteiger partial charge on any atom is 0.416 e. The van der Waals surface area contributed by atoms with Gasteiger partial charge in [0.15, 0.2) is 5.96 Å². The van der Waals surface area contributed by atoms with Crippen LogP contribution in [0.25, 0.3) is 0 Å². The summed E-state index contributed by atoms with van der Waals surface area (Å²) in [6, 6.07) is 4.98. The van der Waals surface area contributed by atoms with Crippen LogP contribution in [0.1, 0.15) is 30.4 Å². The van der Waals surface area contributed by atoms with E-state index in [4.69, 9.17) is 9.47 Å². The van der Waals surface area contributed by atoms with Gasteiger partial charge in [0.2, 0.25) is 0 Å². The molecule has 1 saturated heterocycles. The molecule has 0 amide bonds. The van der Waals surface area contributed by atoms with Crippen molar-refractivity contribution < 1.29 is 22.6 Å². The van der Waals surface area contributed by atoms with Crippen molar-refractivity contribution >= 4 is 5.96 Å². The minimum absolute atomic E-state index is 0.274. The first kappa shape index (κ1) is 23.0. The highest BCUT2D eigenvalue weighted by atomic mass is 19.4. The fraction of sp³-hybridized carbons (Fsp3) is 0.571. The minimum atomic E-state index is -4.36. The van der Waals surface area contributed by atoms with E-state index in [1.807, 2.05) is 0 Å². The number of alkyl halides is 3. The molecule has 0 aromatic heterocycles. The van der Waals surface area contributed by atoms with Crippen molar-refractivity contribution in [1.82, 2.24) is 10.6 Å². The first-order chi connectivity index (χ1) is 14.0. The Bertz CT molecular complexity index is 705. The Labute approximate surface area is 170 Å². The molecule has 5 nitrogen and oxygen atoms in total. The summed E-state index contributed by atoms with van der Waals surface area (Å²) in [5.74, 6) is 6.72. The lowest BCUT2D eigenvalue weighted by Gasteiger charge is -2.21. The minimum Gasteiger partial charge on any atom is -0.381 e. The van der Waals surface area contributed by atoms with Crippen LogP contribution in [0.15, 0.2) is 29.3 Å². The Hall–Kier alpha value is -2.24. The molecular formula is C21H28F3N3O2. The topological polar surface area (TPSA) is 54.9 Å². The first-order valence-electron chi connectivity index (χ1n) is 9.75. The summed E-state index contributed by atoms with van der Waals surface area (Å²) in [4.78, 5) is 4.09. The van der Waals surface area contributed by atoms with E-state index in [0.29, 0.717) is 30.6 Å². The van der Waals surface area contributed by atoms with E-state index in [-0.39, 0.29) is 6.54 Å². The van der Waals surface area contributed by atoms with Crippen LogP contribution in [0.4, 0.5) is 13.2 Å². The predicted octanol–water partition coefficient (Wildman–Crippen LogP) is 3.06. The summed E-state index contributed by atoms with van der Waals surface area (Å²) in [7, 11) is 1.65. The quantitative estimate of drug-likeness (QED) is 0.313. The fourth-order valence-electron chi connectivity index (χ4n) is 2.81. The number of halogens is 3. The molecule has 1 aromatic rings. The van der Waals surface area contributed by atoms with Gasteiger partial charge in [-0.1, -0.05) is 17.9 Å². The molecule has 0 spiro atoms. The highest BCUT2D eigenvalue weighted by Gasteiger charge is 2.30. The summed E-state index contributed by atoms with van der Waals surface area (Å²) in [5, 5.41) is 6.17. The third kappa shape index (κ3) is 9.20. The molecule has 0 aliphatic carbocycles. The molecular weight excluding hydrogens is 383 g/mol. The summed E-state index contributed by atoms with van der Waals surface area (Å²) < 4.78 is 49.1. The van der Waals surface area contributed by atoms with Crippen LogP contribution in [-0.2, 0) is 15.7 Å². The molecule has 1 aliphatic rings. The van der Waals surface area contributed by atoms with Crippen LogP contribution in [-0.4, -0.2) is 52.5 Å². The molecule has 1 heterocycles. The third-order valence-corrected chi connectivity index (χ3v) is 4.44. The van der Waals surface area contributed by atoms with E-state index < -0.39 is 11.7 Å². The second kappa shape index (κ2) is 12.3. The Morgan fingerprint density at radius 3 is 2.79 bits per heavy atom. The zero-order chi connectivity index (χ0) is 21.0. The van der Waals surface area contributed by atoms with Crippen LogP contribution in [0.2, 0.25) is 0 Å². The molecule has 1 fully saturated rings. The fourth-order valence-corrected chi connectivity index (χ4v) is 2.81. The van der Waals surface area contributed by atoms with Crippen molar-refractivity contribution in [2.24, 2.45) is 10.9 Å². The predicted molar refractivity (Wildman–Crippen MR) is 107 cm³/mol. The molecule has 2 N–H and O–H groups in total. The van der Waals surface area contributed by atoms with E-state index in [1.165, 1.54) is 6.07 Å². The monoisotopic (exact) mass is 411 g/mol. The zero-order valence-corrected chi connectivity index (χ0v) is 16.6. The van der Waals surface area contributed by atoms with Gasteiger partial charge in [-0.2, -0.15) is 13.2 Å². The van der Waals surface area contributed by atoms with Crippen LogP contribution < -0.4 is 10.6 Å². The average Bonchev–Trinajstić information content (AvgIpc) is 2.72. The van der Waals surface area contributed by atoms with E-state index in [1.54, 1.807) is 13.1 Å². The molecule has 29 heavy (non-hydrogen) atoms. The molecule has 0 bridgehead atoms. The SMILES string of the molecule is CN=C(NCC#Cc1cccc(C(F)(F)F)c1)NCCCOCC1CCOCC1. The van der Waals surface area contributed by atoms with Crippen LogP contribution in [0.5, 0.6) is 0 Å². The highest BCUT2D eigenvalue weighted by Crippen LogP contribution is 2.29. The van der Waals surface area contributed by atoms with E-state index in [0.717, 1.165) is 51.2 Å². The molecule has 0 radical (unpaired) electrons. The number of hydrogen-bond acceptors (Lipinski definition) is 3. The zero-order valence-electron chi connectivity index (χ0n) is 16.6. The second-order valence-corrected chi connectivity index (χ2v) is 6.72. The number of aliphatic imine (C=N–C) groups is 1. The van der Waals surface area contributed by atoms with Gasteiger partial charge in [-0.05, 0) is 43.4 Å². The van der Waals surface area contributed by atoms with Crippen molar-refractivity contribution in [3.8, 4) is 11.8 Å². The number of ether oxygens (including phenoxy) is 2. The van der Waals surface area contributed by atoms with Crippen LogP contribution in [0, 0.1) is 17.8 Å². The lowest BCUT2D eigenvalue weighted by atomic mass is 10.0. The van der Waals surface area contributed by atoms with Gasteiger partial charge in [-0.25, -0.2) is 0 Å². The van der Waals surface area contributed by atoms with E-state index >= 15 is 0 Å². The normalized spacial score (nSPS) is 15.5. The number of nitrogens with zero attached hydrogens (tertiary/aromatic N) is 1. The summed E-state index contributed by atoms with van der Waals surface area (Å²) in [5.41, 5.74) is -0.375. The van der Waals surface area contributed by atoms with Gasteiger partial charge < -0.3 is 20.1 Å². The van der Waals surface area contributed by atoms with Crippen LogP contribution >= 0.6 is 0 Å². The maximum absolute atomic E-state index is 12.7. The molecule has 2 rings (SSSR count). The van der Waals surface area contributed by atoms with Crippen molar-refractivity contribution in [2.45, 2.75) is 25.4 Å². The van der Waals surface area contributed by atoms with Gasteiger partial charge in [0.25, 0.3) is 0 Å². The Morgan fingerprint density at radius 1 is 1.28 bits per heavy atom. The number of rotatable bonds is 7. The van der Waals surface area contributed by atoms with E-state index in [9.17, 15) is 13.2 Å². The summed E-state index contributed by atoms with van der Waals surface area (Å²) in [6.07, 6.45) is -1.39. The van der Waals surface area contributed by atoms with Crippen molar-refractivity contribution in [3.05, 3.63) is 35.4 Å². The standard InChI is InChI=1S/C21H28F3N3O2/c1-25-20(27-11-4-12-29-16-18-8-13-28-14-9-18)26-10-3-6-17-5-2-7-19(15-17)21(22,23)24/h2,5,7,15,18H,4,8-14,16H2,1H3,(H2,25,26,27). The Kier molecular flexibility index (Phi) is 9.81. The molecule has 0 atom stereocenters. The maximum atomic E-state index is 12.7. The number of guanidine groups is 1. The number of benzene rings is 1. The van der Waals surface area contributed by atoms with Crippen molar-refractivity contribution in [1.29, 1.82) is 0 Å². The van der Waals surface area contributed by atoms with Crippen LogP contribution in [0.3, 0.4) is 0 Å². The summed E-state index contributed by atoms with van der Waals surface area (Å²) in [6.45, 7) is 4.09. The Balaban J connectivity index is 1.61. The molecule has 1 aromatic carbocycles. The van der Waals surface area contributed by atoms with Gasteiger partial charge in [-0.15, -0.1) is 0 Å².